The van der Waals surface area contributed by atoms with Crippen LogP contribution in [0.15, 0.2) is 27.1 Å². The average molecular weight is 347 g/mol. The van der Waals surface area contributed by atoms with Gasteiger partial charge >= 0.3 is 0 Å². The lowest BCUT2D eigenvalue weighted by molar-refractivity contribution is 0.707. The van der Waals surface area contributed by atoms with Gasteiger partial charge in [-0.2, -0.15) is 4.68 Å². The molecule has 0 radical (unpaired) electrons. The van der Waals surface area contributed by atoms with E-state index in [0.29, 0.717) is 6.54 Å². The van der Waals surface area contributed by atoms with Gasteiger partial charge in [0.05, 0.1) is 12.2 Å². The van der Waals surface area contributed by atoms with Crippen molar-refractivity contribution in [1.82, 2.24) is 25.5 Å². The molecule has 2 aromatic rings. The maximum atomic E-state index is 3.97. The summed E-state index contributed by atoms with van der Waals surface area (Å²) >= 11 is 6.91. The van der Waals surface area contributed by atoms with E-state index in [-0.39, 0.29) is 0 Å². The van der Waals surface area contributed by atoms with Crippen LogP contribution in [0, 0.1) is 0 Å². The molecule has 0 saturated carbocycles. The number of hydrogen-bond acceptors (Lipinski definition) is 4. The van der Waals surface area contributed by atoms with Crippen LogP contribution in [0.5, 0.6) is 0 Å². The summed E-state index contributed by atoms with van der Waals surface area (Å²) in [5.74, 6) is 0.765. The van der Waals surface area contributed by atoms with Crippen LogP contribution >= 0.6 is 31.9 Å². The summed E-state index contributed by atoms with van der Waals surface area (Å²) < 4.78 is 3.63. The van der Waals surface area contributed by atoms with E-state index in [1.54, 1.807) is 4.68 Å². The van der Waals surface area contributed by atoms with Crippen molar-refractivity contribution >= 4 is 31.9 Å². The zero-order chi connectivity index (χ0) is 11.5. The fraction of sp³-hybridized carbons (Fsp3) is 0.222. The van der Waals surface area contributed by atoms with Crippen LogP contribution in [0.2, 0.25) is 0 Å². The van der Waals surface area contributed by atoms with E-state index in [2.05, 4.69) is 52.7 Å². The van der Waals surface area contributed by atoms with Gasteiger partial charge in [-0.3, -0.25) is 0 Å². The Bertz CT molecular complexity index is 496. The van der Waals surface area contributed by atoms with Gasteiger partial charge in [-0.15, -0.1) is 5.10 Å². The minimum atomic E-state index is 0.617. The number of hydrogen-bond donors (Lipinski definition) is 1. The van der Waals surface area contributed by atoms with Crippen molar-refractivity contribution in [3.63, 3.8) is 0 Å². The smallest absolute Gasteiger partial charge is 0.170 e. The molecule has 0 saturated heterocycles. The summed E-state index contributed by atoms with van der Waals surface area (Å²) in [5.41, 5.74) is 0.907. The standard InChI is InChI=1S/C9H9Br2N5/c1-12-5-9-13-14-15-16(9)8-4-6(10)2-3-7(8)11/h2-4,12H,5H2,1H3. The summed E-state index contributed by atoms with van der Waals surface area (Å²) in [5, 5.41) is 14.6. The van der Waals surface area contributed by atoms with Crippen LogP contribution in [0.1, 0.15) is 5.82 Å². The molecule has 0 amide bonds. The van der Waals surface area contributed by atoms with Gasteiger partial charge < -0.3 is 5.32 Å². The molecule has 5 nitrogen and oxygen atoms in total. The number of aromatic nitrogens is 4. The van der Waals surface area contributed by atoms with Gasteiger partial charge in [0.2, 0.25) is 0 Å². The normalized spacial score (nSPS) is 10.7. The molecule has 84 valence electrons. The van der Waals surface area contributed by atoms with Crippen molar-refractivity contribution in [3.05, 3.63) is 33.0 Å². The number of nitrogens with one attached hydrogen (secondary N) is 1. The molecule has 16 heavy (non-hydrogen) atoms. The Kier molecular flexibility index (Phi) is 3.67. The second-order valence-electron chi connectivity index (χ2n) is 3.13. The summed E-state index contributed by atoms with van der Waals surface area (Å²) in [6.45, 7) is 0.617. The molecule has 1 aromatic carbocycles. The third-order valence-electron chi connectivity index (χ3n) is 2.01. The van der Waals surface area contributed by atoms with Gasteiger partial charge in [-0.05, 0) is 51.6 Å². The molecule has 0 aliphatic rings. The number of halogens is 2. The average Bonchev–Trinajstić information content (AvgIpc) is 2.70. The summed E-state index contributed by atoms with van der Waals surface area (Å²) in [6.07, 6.45) is 0. The number of tetrazole rings is 1. The summed E-state index contributed by atoms with van der Waals surface area (Å²) in [7, 11) is 1.86. The highest BCUT2D eigenvalue weighted by Crippen LogP contribution is 2.24. The number of benzene rings is 1. The molecule has 0 unspecified atom stereocenters. The monoisotopic (exact) mass is 345 g/mol. The highest BCUT2D eigenvalue weighted by Gasteiger charge is 2.10. The fourth-order valence-corrected chi connectivity index (χ4v) is 2.07. The highest BCUT2D eigenvalue weighted by atomic mass is 79.9. The van der Waals surface area contributed by atoms with Gasteiger partial charge in [0.25, 0.3) is 0 Å². The summed E-state index contributed by atoms with van der Waals surface area (Å²) in [4.78, 5) is 0. The predicted molar refractivity (Wildman–Crippen MR) is 67.3 cm³/mol. The maximum Gasteiger partial charge on any atom is 0.170 e. The van der Waals surface area contributed by atoms with Gasteiger partial charge in [0, 0.05) is 8.95 Å². The molecule has 1 N–H and O–H groups in total. The maximum absolute atomic E-state index is 3.97. The van der Waals surface area contributed by atoms with E-state index in [4.69, 9.17) is 0 Å². The van der Waals surface area contributed by atoms with Gasteiger partial charge in [-0.25, -0.2) is 0 Å². The third-order valence-corrected chi connectivity index (χ3v) is 3.17. The van der Waals surface area contributed by atoms with Gasteiger partial charge in [0.1, 0.15) is 0 Å². The van der Waals surface area contributed by atoms with E-state index < -0.39 is 0 Å². The minimum absolute atomic E-state index is 0.617. The Morgan fingerprint density at radius 1 is 1.38 bits per heavy atom. The molecule has 1 heterocycles. The minimum Gasteiger partial charge on any atom is -0.313 e. The first kappa shape index (κ1) is 11.7. The molecular weight excluding hydrogens is 338 g/mol. The van der Waals surface area contributed by atoms with Crippen LogP contribution < -0.4 is 5.32 Å². The molecule has 0 aliphatic heterocycles. The molecule has 7 heteroatoms. The first-order valence-electron chi connectivity index (χ1n) is 4.59. The van der Waals surface area contributed by atoms with Gasteiger partial charge in [-0.1, -0.05) is 15.9 Å². The van der Waals surface area contributed by atoms with E-state index in [0.717, 1.165) is 20.5 Å². The largest absolute Gasteiger partial charge is 0.313 e. The predicted octanol–water partition coefficient (Wildman–Crippen LogP) is 1.91. The van der Waals surface area contributed by atoms with Crippen molar-refractivity contribution in [2.75, 3.05) is 7.05 Å². The van der Waals surface area contributed by atoms with Crippen LogP contribution in [0.25, 0.3) is 5.69 Å². The van der Waals surface area contributed by atoms with Crippen molar-refractivity contribution in [2.24, 2.45) is 0 Å². The van der Waals surface area contributed by atoms with Crippen LogP contribution in [-0.4, -0.2) is 27.3 Å². The fourth-order valence-electron chi connectivity index (χ4n) is 1.31. The number of rotatable bonds is 3. The van der Waals surface area contributed by atoms with Crippen molar-refractivity contribution in [3.8, 4) is 5.69 Å². The lowest BCUT2D eigenvalue weighted by atomic mass is 10.3. The Morgan fingerprint density at radius 2 is 2.19 bits per heavy atom. The Hall–Kier alpha value is -0.790. The zero-order valence-electron chi connectivity index (χ0n) is 8.48. The van der Waals surface area contributed by atoms with Crippen molar-refractivity contribution < 1.29 is 0 Å². The third kappa shape index (κ3) is 2.31. The highest BCUT2D eigenvalue weighted by molar-refractivity contribution is 9.11. The SMILES string of the molecule is CNCc1nnnn1-c1cc(Br)ccc1Br. The molecule has 0 fully saturated rings. The first-order valence-corrected chi connectivity index (χ1v) is 6.18. The lowest BCUT2D eigenvalue weighted by Crippen LogP contribution is -2.12. The Labute approximate surface area is 109 Å². The second kappa shape index (κ2) is 5.03. The van der Waals surface area contributed by atoms with E-state index in [9.17, 15) is 0 Å². The number of nitrogens with zero attached hydrogens (tertiary/aromatic N) is 4. The van der Waals surface area contributed by atoms with Crippen molar-refractivity contribution in [2.45, 2.75) is 6.54 Å². The molecule has 2 rings (SSSR count). The Balaban J connectivity index is 2.49. The van der Waals surface area contributed by atoms with E-state index in [1.165, 1.54) is 0 Å². The van der Waals surface area contributed by atoms with Crippen LogP contribution in [-0.2, 0) is 6.54 Å². The van der Waals surface area contributed by atoms with E-state index >= 15 is 0 Å². The van der Waals surface area contributed by atoms with Crippen LogP contribution in [0.4, 0.5) is 0 Å². The molecule has 0 bridgehead atoms. The first-order chi connectivity index (χ1) is 7.72. The molecule has 1 aromatic heterocycles. The van der Waals surface area contributed by atoms with Crippen molar-refractivity contribution in [1.29, 1.82) is 0 Å². The molecule has 0 spiro atoms. The zero-order valence-corrected chi connectivity index (χ0v) is 11.7. The molecule has 0 atom stereocenters. The lowest BCUT2D eigenvalue weighted by Gasteiger charge is -2.06. The topological polar surface area (TPSA) is 55.6 Å². The van der Waals surface area contributed by atoms with Crippen LogP contribution in [0.3, 0.4) is 0 Å². The van der Waals surface area contributed by atoms with Gasteiger partial charge in [0.15, 0.2) is 5.82 Å². The summed E-state index contributed by atoms with van der Waals surface area (Å²) in [6, 6.07) is 5.86. The molecular formula is C9H9Br2N5. The Morgan fingerprint density at radius 3 is 2.94 bits per heavy atom. The molecule has 0 aliphatic carbocycles. The van der Waals surface area contributed by atoms with E-state index in [1.807, 2.05) is 25.2 Å². The second-order valence-corrected chi connectivity index (χ2v) is 4.90. The quantitative estimate of drug-likeness (QED) is 0.922.